The molecule has 0 aliphatic carbocycles. The van der Waals surface area contributed by atoms with Crippen molar-refractivity contribution in [2.45, 2.75) is 6.54 Å². The standard InChI is InChI=1S/C20H23N3O6.C2H2O4/c1-28-17-11-14(12-18(29-2)19(17)24)13-21-7-9-22(10-8-21)20(25)15-3-5-16(6-4-15)23(26)27;3-1(4)2(5)6/h3-6,11-12,24H,7-10,13H2,1-2H3;(H,3,4)(H,5,6). The van der Waals surface area contributed by atoms with E-state index in [1.165, 1.54) is 38.5 Å². The van der Waals surface area contributed by atoms with Crippen molar-refractivity contribution < 1.29 is 44.1 Å². The number of methoxy groups -OCH3 is 2. The molecule has 0 atom stereocenters. The number of phenols is 1. The second-order valence-corrected chi connectivity index (χ2v) is 7.33. The Balaban J connectivity index is 0.000000641. The largest absolute Gasteiger partial charge is 0.502 e. The SMILES string of the molecule is COc1cc(CN2CCN(C(=O)c3ccc([N+](=O)[O-])cc3)CC2)cc(OC)c1O.O=C(O)C(=O)O. The molecule has 2 aromatic rings. The minimum atomic E-state index is -1.82. The first kappa shape index (κ1) is 26.9. The van der Waals surface area contributed by atoms with Crippen LogP contribution in [-0.2, 0) is 16.1 Å². The van der Waals surface area contributed by atoms with Crippen LogP contribution in [0.2, 0.25) is 0 Å². The Morgan fingerprint density at radius 2 is 1.43 bits per heavy atom. The summed E-state index contributed by atoms with van der Waals surface area (Å²) in [6.45, 7) is 3.12. The average Bonchev–Trinajstić information content (AvgIpc) is 2.85. The Bertz CT molecular complexity index is 1040. The minimum Gasteiger partial charge on any atom is -0.502 e. The van der Waals surface area contributed by atoms with Crippen LogP contribution >= 0.6 is 0 Å². The van der Waals surface area contributed by atoms with Crippen molar-refractivity contribution in [1.29, 1.82) is 0 Å². The van der Waals surface area contributed by atoms with E-state index < -0.39 is 16.9 Å². The van der Waals surface area contributed by atoms with Crippen molar-refractivity contribution in [2.75, 3.05) is 40.4 Å². The predicted octanol–water partition coefficient (Wildman–Crippen LogP) is 1.43. The topological polar surface area (TPSA) is 180 Å². The maximum atomic E-state index is 12.6. The third kappa shape index (κ3) is 7.30. The number of carboxylic acids is 2. The molecule has 13 nitrogen and oxygen atoms in total. The number of phenolic OH excluding ortho intramolecular Hbond substituents is 1. The summed E-state index contributed by atoms with van der Waals surface area (Å²) in [6.07, 6.45) is 0. The highest BCUT2D eigenvalue weighted by Gasteiger charge is 2.23. The monoisotopic (exact) mass is 491 g/mol. The molecule has 0 radical (unpaired) electrons. The van der Waals surface area contributed by atoms with Crippen LogP contribution in [0.5, 0.6) is 17.2 Å². The molecular weight excluding hydrogens is 466 g/mol. The number of aromatic hydroxyl groups is 1. The first-order valence-electron chi connectivity index (χ1n) is 10.2. The maximum absolute atomic E-state index is 12.6. The van der Waals surface area contributed by atoms with Crippen LogP contribution < -0.4 is 9.47 Å². The van der Waals surface area contributed by atoms with Gasteiger partial charge in [-0.1, -0.05) is 0 Å². The van der Waals surface area contributed by atoms with E-state index in [4.69, 9.17) is 29.3 Å². The number of benzene rings is 2. The van der Waals surface area contributed by atoms with Gasteiger partial charge >= 0.3 is 11.9 Å². The van der Waals surface area contributed by atoms with Gasteiger partial charge in [0.25, 0.3) is 11.6 Å². The number of amides is 1. The van der Waals surface area contributed by atoms with Crippen LogP contribution in [0.1, 0.15) is 15.9 Å². The molecule has 1 aliphatic heterocycles. The number of rotatable bonds is 6. The molecule has 1 saturated heterocycles. The van der Waals surface area contributed by atoms with Gasteiger partial charge in [-0.3, -0.25) is 19.8 Å². The molecule has 1 heterocycles. The fourth-order valence-corrected chi connectivity index (χ4v) is 3.31. The van der Waals surface area contributed by atoms with Crippen LogP contribution in [0.3, 0.4) is 0 Å². The number of piperazine rings is 1. The highest BCUT2D eigenvalue weighted by molar-refractivity contribution is 6.27. The van der Waals surface area contributed by atoms with E-state index in [-0.39, 0.29) is 17.3 Å². The molecule has 2 aromatic carbocycles. The molecule has 0 aromatic heterocycles. The van der Waals surface area contributed by atoms with Gasteiger partial charge in [-0.2, -0.15) is 0 Å². The number of nitro groups is 1. The summed E-state index contributed by atoms with van der Waals surface area (Å²) in [5.74, 6) is -3.10. The van der Waals surface area contributed by atoms with Gasteiger partial charge < -0.3 is 29.7 Å². The Morgan fingerprint density at radius 3 is 1.83 bits per heavy atom. The van der Waals surface area contributed by atoms with Gasteiger partial charge in [0.15, 0.2) is 11.5 Å². The predicted molar refractivity (Wildman–Crippen MR) is 121 cm³/mol. The second-order valence-electron chi connectivity index (χ2n) is 7.33. The normalized spacial score (nSPS) is 13.3. The van der Waals surface area contributed by atoms with Crippen molar-refractivity contribution in [3.63, 3.8) is 0 Å². The second kappa shape index (κ2) is 12.2. The van der Waals surface area contributed by atoms with E-state index >= 15 is 0 Å². The van der Waals surface area contributed by atoms with Crippen molar-refractivity contribution >= 4 is 23.5 Å². The van der Waals surface area contributed by atoms with Gasteiger partial charge in [0, 0.05) is 50.4 Å². The molecule has 0 saturated carbocycles. The Morgan fingerprint density at radius 1 is 0.943 bits per heavy atom. The number of non-ortho nitro benzene ring substituents is 1. The number of nitrogens with zero attached hydrogens (tertiary/aromatic N) is 3. The summed E-state index contributed by atoms with van der Waals surface area (Å²) in [6, 6.07) is 9.20. The number of nitro benzene ring substituents is 1. The lowest BCUT2D eigenvalue weighted by Crippen LogP contribution is -2.48. The maximum Gasteiger partial charge on any atom is 0.414 e. The Kier molecular flexibility index (Phi) is 9.35. The molecule has 3 rings (SSSR count). The van der Waals surface area contributed by atoms with E-state index in [9.17, 15) is 20.0 Å². The number of carbonyl (C=O) groups is 3. The molecule has 1 aliphatic rings. The molecule has 35 heavy (non-hydrogen) atoms. The van der Waals surface area contributed by atoms with Crippen molar-refractivity contribution in [3.05, 3.63) is 57.6 Å². The number of hydrogen-bond acceptors (Lipinski definition) is 9. The fraction of sp³-hybridized carbons (Fsp3) is 0.318. The third-order valence-corrected chi connectivity index (χ3v) is 5.11. The summed E-state index contributed by atoms with van der Waals surface area (Å²) >= 11 is 0. The molecule has 1 amide bonds. The Hall–Kier alpha value is -4.39. The van der Waals surface area contributed by atoms with Gasteiger partial charge in [-0.05, 0) is 29.8 Å². The zero-order valence-corrected chi connectivity index (χ0v) is 19.0. The fourth-order valence-electron chi connectivity index (χ4n) is 3.31. The van der Waals surface area contributed by atoms with Gasteiger partial charge in [0.2, 0.25) is 5.75 Å². The number of hydrogen-bond donors (Lipinski definition) is 3. The van der Waals surface area contributed by atoms with E-state index in [0.717, 1.165) is 5.56 Å². The van der Waals surface area contributed by atoms with Crippen LogP contribution in [0.15, 0.2) is 36.4 Å². The summed E-state index contributed by atoms with van der Waals surface area (Å²) < 4.78 is 10.4. The van der Waals surface area contributed by atoms with E-state index in [0.29, 0.717) is 49.8 Å². The van der Waals surface area contributed by atoms with Crippen LogP contribution in [0.4, 0.5) is 5.69 Å². The molecule has 3 N–H and O–H groups in total. The van der Waals surface area contributed by atoms with E-state index in [1.807, 2.05) is 0 Å². The first-order valence-corrected chi connectivity index (χ1v) is 10.2. The smallest absolute Gasteiger partial charge is 0.414 e. The number of carboxylic acid groups (broad SMARTS) is 2. The van der Waals surface area contributed by atoms with Gasteiger partial charge in [0.05, 0.1) is 19.1 Å². The zero-order chi connectivity index (χ0) is 26.1. The number of ether oxygens (including phenoxy) is 2. The van der Waals surface area contributed by atoms with Crippen LogP contribution in [0.25, 0.3) is 0 Å². The van der Waals surface area contributed by atoms with Crippen LogP contribution in [0, 0.1) is 10.1 Å². The number of aliphatic carboxylic acids is 2. The molecule has 188 valence electrons. The zero-order valence-electron chi connectivity index (χ0n) is 19.0. The average molecular weight is 491 g/mol. The van der Waals surface area contributed by atoms with E-state index in [2.05, 4.69) is 4.90 Å². The molecule has 0 bridgehead atoms. The molecule has 1 fully saturated rings. The van der Waals surface area contributed by atoms with Crippen LogP contribution in [-0.4, -0.2) is 88.3 Å². The summed E-state index contributed by atoms with van der Waals surface area (Å²) in [5.41, 5.74) is 1.34. The van der Waals surface area contributed by atoms with Crippen molar-refractivity contribution in [3.8, 4) is 17.2 Å². The lowest BCUT2D eigenvalue weighted by atomic mass is 10.1. The lowest BCUT2D eigenvalue weighted by Gasteiger charge is -2.35. The molecular formula is C22H25N3O10. The third-order valence-electron chi connectivity index (χ3n) is 5.11. The quantitative estimate of drug-likeness (QED) is 0.302. The van der Waals surface area contributed by atoms with Gasteiger partial charge in [-0.25, -0.2) is 9.59 Å². The highest BCUT2D eigenvalue weighted by atomic mass is 16.6. The van der Waals surface area contributed by atoms with E-state index in [1.54, 1.807) is 17.0 Å². The minimum absolute atomic E-state index is 0.0303. The Labute approximate surface area is 199 Å². The highest BCUT2D eigenvalue weighted by Crippen LogP contribution is 2.37. The summed E-state index contributed by atoms with van der Waals surface area (Å²) in [5, 5.41) is 35.6. The molecule has 13 heteroatoms. The van der Waals surface area contributed by atoms with Gasteiger partial charge in [-0.15, -0.1) is 0 Å². The van der Waals surface area contributed by atoms with Crippen molar-refractivity contribution in [2.24, 2.45) is 0 Å². The molecule has 0 unspecified atom stereocenters. The number of carbonyl (C=O) groups excluding carboxylic acids is 1. The first-order chi connectivity index (χ1) is 16.6. The van der Waals surface area contributed by atoms with Crippen molar-refractivity contribution in [1.82, 2.24) is 9.80 Å². The lowest BCUT2D eigenvalue weighted by molar-refractivity contribution is -0.384. The summed E-state index contributed by atoms with van der Waals surface area (Å²) in [7, 11) is 2.97. The molecule has 0 spiro atoms. The van der Waals surface area contributed by atoms with Gasteiger partial charge in [0.1, 0.15) is 0 Å². The summed E-state index contributed by atoms with van der Waals surface area (Å²) in [4.78, 5) is 45.0.